The molecule has 0 radical (unpaired) electrons. The fourth-order valence-corrected chi connectivity index (χ4v) is 8.91. The molecule has 0 unspecified atom stereocenters. The van der Waals surface area contributed by atoms with E-state index in [-0.39, 0.29) is 0 Å². The Kier molecular flexibility index (Phi) is 7.50. The van der Waals surface area contributed by atoms with Crippen LogP contribution in [0.4, 0.5) is 0 Å². The van der Waals surface area contributed by atoms with Crippen LogP contribution < -0.4 is 0 Å². The molecular formula is C55H34N4. The van der Waals surface area contributed by atoms with Gasteiger partial charge in [-0.25, -0.2) is 15.0 Å². The number of hydrogen-bond donors (Lipinski definition) is 0. The molecule has 0 amide bonds. The number of nitrogens with zero attached hydrogens (tertiary/aromatic N) is 4. The van der Waals surface area contributed by atoms with Gasteiger partial charge in [0.05, 0.1) is 44.7 Å². The molecule has 0 atom stereocenters. The molecule has 0 aliphatic carbocycles. The van der Waals surface area contributed by atoms with Gasteiger partial charge in [0.25, 0.3) is 0 Å². The molecule has 4 heteroatoms. The van der Waals surface area contributed by atoms with Crippen molar-refractivity contribution >= 4 is 65.3 Å². The molecule has 0 saturated heterocycles. The summed E-state index contributed by atoms with van der Waals surface area (Å²) >= 11 is 0. The quantitative estimate of drug-likeness (QED) is 0.165. The Bertz CT molecular complexity index is 3590. The number of benzene rings is 8. The van der Waals surface area contributed by atoms with Gasteiger partial charge in [-0.2, -0.15) is 0 Å². The van der Waals surface area contributed by atoms with E-state index in [0.717, 1.165) is 99.7 Å². The highest BCUT2D eigenvalue weighted by Crippen LogP contribution is 2.42. The second-order valence-corrected chi connectivity index (χ2v) is 15.2. The Morgan fingerprint density at radius 2 is 0.864 bits per heavy atom. The Balaban J connectivity index is 1.04. The molecule has 274 valence electrons. The molecule has 4 nitrogen and oxygen atoms in total. The minimum atomic E-state index is 0.905. The molecule has 8 aromatic carbocycles. The molecule has 0 aliphatic rings. The van der Waals surface area contributed by atoms with E-state index >= 15 is 0 Å². The van der Waals surface area contributed by atoms with E-state index in [1.807, 2.05) is 6.07 Å². The maximum absolute atomic E-state index is 5.54. The van der Waals surface area contributed by atoms with Crippen LogP contribution in [-0.2, 0) is 0 Å². The summed E-state index contributed by atoms with van der Waals surface area (Å²) in [5, 5.41) is 7.98. The van der Waals surface area contributed by atoms with E-state index in [1.165, 1.54) is 16.2 Å². The van der Waals surface area contributed by atoms with Gasteiger partial charge in [-0.3, -0.25) is 0 Å². The normalized spacial score (nSPS) is 11.7. The Morgan fingerprint density at radius 1 is 0.305 bits per heavy atom. The molecule has 4 aromatic heterocycles. The number of fused-ring (bicyclic) bond motifs is 10. The van der Waals surface area contributed by atoms with E-state index in [1.54, 1.807) is 0 Å². The van der Waals surface area contributed by atoms with Crippen molar-refractivity contribution in [2.75, 3.05) is 0 Å². The number of pyridine rings is 3. The summed E-state index contributed by atoms with van der Waals surface area (Å²) in [5.41, 5.74) is 14.5. The predicted octanol–water partition coefficient (Wildman–Crippen LogP) is 14.2. The summed E-state index contributed by atoms with van der Waals surface area (Å²) < 4.78 is 2.39. The molecule has 4 heterocycles. The van der Waals surface area contributed by atoms with Crippen molar-refractivity contribution < 1.29 is 0 Å². The molecule has 0 bridgehead atoms. The van der Waals surface area contributed by atoms with Gasteiger partial charge in [0.2, 0.25) is 0 Å². The molecule has 0 N–H and O–H groups in total. The van der Waals surface area contributed by atoms with Crippen LogP contribution in [-0.4, -0.2) is 19.5 Å². The van der Waals surface area contributed by atoms with Gasteiger partial charge in [0.1, 0.15) is 0 Å². The van der Waals surface area contributed by atoms with Crippen molar-refractivity contribution in [3.63, 3.8) is 0 Å². The fraction of sp³-hybridized carbons (Fsp3) is 0. The largest absolute Gasteiger partial charge is 0.307 e. The van der Waals surface area contributed by atoms with Crippen molar-refractivity contribution in [2.45, 2.75) is 0 Å². The average molecular weight is 751 g/mol. The maximum atomic E-state index is 5.54. The number of para-hydroxylation sites is 1. The summed E-state index contributed by atoms with van der Waals surface area (Å²) in [7, 11) is 0. The molecule has 0 aliphatic heterocycles. The molecule has 0 fully saturated rings. The van der Waals surface area contributed by atoms with Gasteiger partial charge < -0.3 is 4.57 Å². The molecular weight excluding hydrogens is 717 g/mol. The molecule has 12 aromatic rings. The van der Waals surface area contributed by atoms with Crippen molar-refractivity contribution in [3.05, 3.63) is 206 Å². The number of hydrogen-bond acceptors (Lipinski definition) is 3. The zero-order valence-electron chi connectivity index (χ0n) is 31.9. The second kappa shape index (κ2) is 13.3. The summed E-state index contributed by atoms with van der Waals surface area (Å²) in [5.74, 6) is 0. The molecule has 12 rings (SSSR count). The van der Waals surface area contributed by atoms with E-state index in [9.17, 15) is 0 Å². The van der Waals surface area contributed by atoms with Crippen LogP contribution in [0.15, 0.2) is 206 Å². The van der Waals surface area contributed by atoms with Crippen LogP contribution in [0.3, 0.4) is 0 Å². The second-order valence-electron chi connectivity index (χ2n) is 15.2. The Morgan fingerprint density at radius 3 is 1.59 bits per heavy atom. The first kappa shape index (κ1) is 33.2. The van der Waals surface area contributed by atoms with Crippen molar-refractivity contribution in [1.82, 2.24) is 19.5 Å². The first-order valence-corrected chi connectivity index (χ1v) is 20.0. The lowest BCUT2D eigenvalue weighted by atomic mass is 9.97. The topological polar surface area (TPSA) is 43.6 Å². The lowest BCUT2D eigenvalue weighted by Crippen LogP contribution is -1.96. The molecule has 0 saturated carbocycles. The minimum absolute atomic E-state index is 0.905. The van der Waals surface area contributed by atoms with Crippen LogP contribution in [0.5, 0.6) is 0 Å². The maximum Gasteiger partial charge on any atom is 0.0972 e. The molecule has 59 heavy (non-hydrogen) atoms. The summed E-state index contributed by atoms with van der Waals surface area (Å²) in [6, 6.07) is 73.1. The first-order valence-electron chi connectivity index (χ1n) is 20.0. The summed E-state index contributed by atoms with van der Waals surface area (Å²) in [6.45, 7) is 0. The van der Waals surface area contributed by atoms with Crippen LogP contribution in [0.2, 0.25) is 0 Å². The third-order valence-corrected chi connectivity index (χ3v) is 11.7. The van der Waals surface area contributed by atoms with Crippen LogP contribution in [0.25, 0.3) is 116 Å². The zero-order valence-corrected chi connectivity index (χ0v) is 31.9. The van der Waals surface area contributed by atoms with Crippen molar-refractivity contribution in [3.8, 4) is 50.6 Å². The van der Waals surface area contributed by atoms with E-state index in [4.69, 9.17) is 15.0 Å². The SMILES string of the molecule is c1ccc(-c2ccc3ccc4ccc(-c5cccc(-c6ccc7c(c6)c6ccc8c9ccccc9c(-c9ccccc9)nc8c6n7-c6ccccc6)c5)nc4c3n2)cc1. The van der Waals surface area contributed by atoms with Gasteiger partial charge in [0.15, 0.2) is 0 Å². The third-order valence-electron chi connectivity index (χ3n) is 11.7. The highest BCUT2D eigenvalue weighted by molar-refractivity contribution is 6.23. The highest BCUT2D eigenvalue weighted by Gasteiger charge is 2.20. The lowest BCUT2D eigenvalue weighted by molar-refractivity contribution is 1.18. The smallest absolute Gasteiger partial charge is 0.0972 e. The number of aromatic nitrogens is 4. The van der Waals surface area contributed by atoms with Crippen LogP contribution in [0, 0.1) is 0 Å². The van der Waals surface area contributed by atoms with Crippen molar-refractivity contribution in [1.29, 1.82) is 0 Å². The lowest BCUT2D eigenvalue weighted by Gasteiger charge is -2.13. The average Bonchev–Trinajstić information content (AvgIpc) is 3.66. The van der Waals surface area contributed by atoms with E-state index in [0.29, 0.717) is 0 Å². The van der Waals surface area contributed by atoms with Gasteiger partial charge in [-0.05, 0) is 59.0 Å². The fourth-order valence-electron chi connectivity index (χ4n) is 8.91. The van der Waals surface area contributed by atoms with Crippen molar-refractivity contribution in [2.24, 2.45) is 0 Å². The summed E-state index contributed by atoms with van der Waals surface area (Å²) in [4.78, 5) is 16.0. The monoisotopic (exact) mass is 750 g/mol. The van der Waals surface area contributed by atoms with E-state index < -0.39 is 0 Å². The minimum Gasteiger partial charge on any atom is -0.307 e. The number of rotatable bonds is 5. The van der Waals surface area contributed by atoms with Gasteiger partial charge in [0, 0.05) is 54.7 Å². The van der Waals surface area contributed by atoms with Gasteiger partial charge in [-0.1, -0.05) is 164 Å². The van der Waals surface area contributed by atoms with Gasteiger partial charge in [-0.15, -0.1) is 0 Å². The van der Waals surface area contributed by atoms with Crippen LogP contribution >= 0.6 is 0 Å². The van der Waals surface area contributed by atoms with Gasteiger partial charge >= 0.3 is 0 Å². The third kappa shape index (κ3) is 5.42. The van der Waals surface area contributed by atoms with E-state index in [2.05, 4.69) is 205 Å². The first-order chi connectivity index (χ1) is 29.2. The zero-order chi connectivity index (χ0) is 38.9. The Labute approximate surface area is 340 Å². The summed E-state index contributed by atoms with van der Waals surface area (Å²) in [6.07, 6.45) is 0. The Hall–Kier alpha value is -7.95. The standard InChI is InChI=1S/C55H34N4/c1-4-13-35(14-5-1)48-30-25-37-23-24-38-26-31-49(57-53(38)52(37)56-48)41-18-12-17-39(33-41)40-27-32-50-47(34-40)46-29-28-45-43-21-10-11-22-44(43)51(36-15-6-2-7-16-36)58-54(45)55(46)59(50)42-19-8-3-9-20-42/h1-34H. The van der Waals surface area contributed by atoms with Crippen LogP contribution in [0.1, 0.15) is 0 Å². The predicted molar refractivity (Wildman–Crippen MR) is 246 cm³/mol. The molecule has 0 spiro atoms. The highest BCUT2D eigenvalue weighted by atomic mass is 15.0.